The zero-order valence-electron chi connectivity index (χ0n) is 12.3. The minimum atomic E-state index is -0.294. The molecule has 0 unspecified atom stereocenters. The van der Waals surface area contributed by atoms with Crippen molar-refractivity contribution in [2.24, 2.45) is 0 Å². The summed E-state index contributed by atoms with van der Waals surface area (Å²) in [5.74, 6) is 0.730. The number of anilines is 1. The third-order valence-corrected chi connectivity index (χ3v) is 4.60. The van der Waals surface area contributed by atoms with E-state index < -0.39 is 0 Å². The standard InChI is InChI=1S/C17H11ClN2O3S/c18-12-6-2-1-4-10(12)13-8-24-17(19-13)20-16(21)11-5-3-7-14-15(11)23-9-22-14/h1-8H,9H2,(H,19,20,21). The number of fused-ring (bicyclic) bond motifs is 1. The highest BCUT2D eigenvalue weighted by Gasteiger charge is 2.22. The fourth-order valence-electron chi connectivity index (χ4n) is 2.40. The molecule has 5 nitrogen and oxygen atoms in total. The monoisotopic (exact) mass is 358 g/mol. The van der Waals surface area contributed by atoms with Gasteiger partial charge in [0.25, 0.3) is 5.91 Å². The maximum absolute atomic E-state index is 12.5. The Morgan fingerprint density at radius 2 is 2.04 bits per heavy atom. The van der Waals surface area contributed by atoms with E-state index in [1.165, 1.54) is 11.3 Å². The molecule has 1 aliphatic rings. The molecule has 2 heterocycles. The molecule has 0 saturated heterocycles. The SMILES string of the molecule is O=C(Nc1nc(-c2ccccc2Cl)cs1)c1cccc2c1OCO2. The molecule has 24 heavy (non-hydrogen) atoms. The Kier molecular flexibility index (Phi) is 3.84. The Morgan fingerprint density at radius 3 is 2.92 bits per heavy atom. The minimum Gasteiger partial charge on any atom is -0.454 e. The molecule has 0 aliphatic carbocycles. The topological polar surface area (TPSA) is 60.5 Å². The molecular formula is C17H11ClN2O3S. The van der Waals surface area contributed by atoms with Crippen molar-refractivity contribution in [2.75, 3.05) is 12.1 Å². The molecule has 1 N–H and O–H groups in total. The second-order valence-electron chi connectivity index (χ2n) is 5.01. The van der Waals surface area contributed by atoms with Crippen LogP contribution in [0.3, 0.4) is 0 Å². The van der Waals surface area contributed by atoms with Crippen LogP contribution in [0.1, 0.15) is 10.4 Å². The van der Waals surface area contributed by atoms with Gasteiger partial charge in [0, 0.05) is 16.0 Å². The molecule has 0 bridgehead atoms. The highest BCUT2D eigenvalue weighted by atomic mass is 35.5. The van der Waals surface area contributed by atoms with Crippen LogP contribution in [-0.4, -0.2) is 17.7 Å². The number of carbonyl (C=O) groups is 1. The van der Waals surface area contributed by atoms with E-state index in [1.807, 2.05) is 23.6 Å². The smallest absolute Gasteiger partial charge is 0.261 e. The average Bonchev–Trinajstić information content (AvgIpc) is 3.24. The zero-order chi connectivity index (χ0) is 16.5. The summed E-state index contributed by atoms with van der Waals surface area (Å²) < 4.78 is 10.6. The van der Waals surface area contributed by atoms with Crippen LogP contribution < -0.4 is 14.8 Å². The number of ether oxygens (including phenoxy) is 2. The Hall–Kier alpha value is -2.57. The van der Waals surface area contributed by atoms with E-state index in [0.717, 1.165) is 11.3 Å². The van der Waals surface area contributed by atoms with E-state index in [4.69, 9.17) is 21.1 Å². The number of amides is 1. The first kappa shape index (κ1) is 15.0. The summed E-state index contributed by atoms with van der Waals surface area (Å²) in [7, 11) is 0. The molecule has 1 aliphatic heterocycles. The largest absolute Gasteiger partial charge is 0.454 e. The molecule has 4 rings (SSSR count). The fourth-order valence-corrected chi connectivity index (χ4v) is 3.34. The third kappa shape index (κ3) is 2.70. The lowest BCUT2D eigenvalue weighted by Crippen LogP contribution is -2.12. The molecule has 0 radical (unpaired) electrons. The van der Waals surface area contributed by atoms with Crippen molar-refractivity contribution in [3.05, 3.63) is 58.4 Å². The number of rotatable bonds is 3. The summed E-state index contributed by atoms with van der Waals surface area (Å²) >= 11 is 7.52. The van der Waals surface area contributed by atoms with E-state index in [9.17, 15) is 4.79 Å². The molecule has 0 atom stereocenters. The molecule has 0 saturated carbocycles. The van der Waals surface area contributed by atoms with Gasteiger partial charge in [0.15, 0.2) is 16.6 Å². The van der Waals surface area contributed by atoms with E-state index in [0.29, 0.717) is 27.2 Å². The molecule has 0 fully saturated rings. The van der Waals surface area contributed by atoms with Gasteiger partial charge in [-0.2, -0.15) is 0 Å². The first-order valence-corrected chi connectivity index (χ1v) is 8.38. The van der Waals surface area contributed by atoms with Gasteiger partial charge in [0.1, 0.15) is 0 Å². The molecule has 7 heteroatoms. The second kappa shape index (κ2) is 6.14. The maximum atomic E-state index is 12.5. The number of carbonyl (C=O) groups excluding carboxylic acids is 1. The molecule has 2 aromatic carbocycles. The first-order valence-electron chi connectivity index (χ1n) is 7.13. The molecule has 1 amide bonds. The molecule has 120 valence electrons. The number of nitrogens with zero attached hydrogens (tertiary/aromatic N) is 1. The summed E-state index contributed by atoms with van der Waals surface area (Å²) in [6.07, 6.45) is 0. The lowest BCUT2D eigenvalue weighted by atomic mass is 10.2. The highest BCUT2D eigenvalue weighted by Crippen LogP contribution is 2.36. The number of hydrogen-bond acceptors (Lipinski definition) is 5. The Bertz CT molecular complexity index is 926. The zero-order valence-corrected chi connectivity index (χ0v) is 13.9. The summed E-state index contributed by atoms with van der Waals surface area (Å²) in [6.45, 7) is 0.119. The second-order valence-corrected chi connectivity index (χ2v) is 6.28. The number of benzene rings is 2. The van der Waals surface area contributed by atoms with Crippen LogP contribution in [0.15, 0.2) is 47.8 Å². The third-order valence-electron chi connectivity index (χ3n) is 3.52. The van der Waals surface area contributed by atoms with Crippen molar-refractivity contribution >= 4 is 34.0 Å². The van der Waals surface area contributed by atoms with Gasteiger partial charge in [-0.15, -0.1) is 11.3 Å². The minimum absolute atomic E-state index is 0.119. The van der Waals surface area contributed by atoms with Gasteiger partial charge in [0.2, 0.25) is 6.79 Å². The van der Waals surface area contributed by atoms with E-state index in [2.05, 4.69) is 10.3 Å². The molecule has 1 aromatic heterocycles. The molecule has 3 aromatic rings. The summed E-state index contributed by atoms with van der Waals surface area (Å²) in [6, 6.07) is 12.6. The normalized spacial score (nSPS) is 12.2. The first-order chi connectivity index (χ1) is 11.7. The number of para-hydroxylation sites is 1. The Morgan fingerprint density at radius 1 is 1.17 bits per heavy atom. The van der Waals surface area contributed by atoms with E-state index in [1.54, 1.807) is 24.3 Å². The molecule has 0 spiro atoms. The van der Waals surface area contributed by atoms with Crippen molar-refractivity contribution in [1.29, 1.82) is 0 Å². The van der Waals surface area contributed by atoms with Crippen molar-refractivity contribution in [3.8, 4) is 22.8 Å². The van der Waals surface area contributed by atoms with Gasteiger partial charge in [-0.3, -0.25) is 10.1 Å². The summed E-state index contributed by atoms with van der Waals surface area (Å²) in [5, 5.41) is 5.75. The number of aromatic nitrogens is 1. The van der Waals surface area contributed by atoms with Crippen molar-refractivity contribution < 1.29 is 14.3 Å². The fraction of sp³-hybridized carbons (Fsp3) is 0.0588. The van der Waals surface area contributed by atoms with Crippen molar-refractivity contribution in [3.63, 3.8) is 0 Å². The van der Waals surface area contributed by atoms with Crippen LogP contribution >= 0.6 is 22.9 Å². The van der Waals surface area contributed by atoms with Gasteiger partial charge in [-0.25, -0.2) is 4.98 Å². The van der Waals surface area contributed by atoms with Crippen molar-refractivity contribution in [2.45, 2.75) is 0 Å². The Balaban J connectivity index is 1.58. The maximum Gasteiger partial charge on any atom is 0.261 e. The lowest BCUT2D eigenvalue weighted by Gasteiger charge is -2.05. The number of nitrogens with one attached hydrogen (secondary N) is 1. The molecular weight excluding hydrogens is 348 g/mol. The highest BCUT2D eigenvalue weighted by molar-refractivity contribution is 7.14. The van der Waals surface area contributed by atoms with E-state index >= 15 is 0 Å². The predicted molar refractivity (Wildman–Crippen MR) is 93.1 cm³/mol. The predicted octanol–water partition coefficient (Wildman–Crippen LogP) is 4.44. The van der Waals surface area contributed by atoms with Crippen LogP contribution in [0.2, 0.25) is 5.02 Å². The van der Waals surface area contributed by atoms with Crippen molar-refractivity contribution in [1.82, 2.24) is 4.98 Å². The van der Waals surface area contributed by atoms with Gasteiger partial charge in [0.05, 0.1) is 11.3 Å². The quantitative estimate of drug-likeness (QED) is 0.751. The van der Waals surface area contributed by atoms with Gasteiger partial charge in [-0.1, -0.05) is 35.9 Å². The van der Waals surface area contributed by atoms with E-state index in [-0.39, 0.29) is 12.7 Å². The van der Waals surface area contributed by atoms with Crippen LogP contribution in [0.5, 0.6) is 11.5 Å². The average molecular weight is 359 g/mol. The van der Waals surface area contributed by atoms with Gasteiger partial charge in [-0.05, 0) is 18.2 Å². The number of hydrogen-bond donors (Lipinski definition) is 1. The summed E-state index contributed by atoms with van der Waals surface area (Å²) in [5.41, 5.74) is 1.96. The number of halogens is 1. The lowest BCUT2D eigenvalue weighted by molar-refractivity contribution is 0.102. The van der Waals surface area contributed by atoms with Crippen LogP contribution in [0.25, 0.3) is 11.3 Å². The van der Waals surface area contributed by atoms with Crippen LogP contribution in [0, 0.1) is 0 Å². The van der Waals surface area contributed by atoms with Crippen LogP contribution in [0.4, 0.5) is 5.13 Å². The summed E-state index contributed by atoms with van der Waals surface area (Å²) in [4.78, 5) is 16.9. The van der Waals surface area contributed by atoms with Gasteiger partial charge < -0.3 is 9.47 Å². The number of thiazole rings is 1. The van der Waals surface area contributed by atoms with Crippen LogP contribution in [-0.2, 0) is 0 Å². The Labute approximate surface area is 146 Å². The van der Waals surface area contributed by atoms with Gasteiger partial charge >= 0.3 is 0 Å².